The Hall–Kier alpha value is -2.53. The number of methoxy groups -OCH3 is 1. The second kappa shape index (κ2) is 9.97. The largest absolute Gasteiger partial charge is 0.497 e. The topological polar surface area (TPSA) is 84.0 Å². The molecule has 0 aliphatic heterocycles. The fourth-order valence-corrected chi connectivity index (χ4v) is 3.35. The number of nitrogens with zero attached hydrogens (tertiary/aromatic N) is 5. The van der Waals surface area contributed by atoms with Crippen LogP contribution in [0.25, 0.3) is 11.4 Å². The molecule has 27 heavy (non-hydrogen) atoms. The molecule has 1 heterocycles. The molecule has 0 fully saturated rings. The number of aromatic nitrogens is 3. The molecule has 0 atom stereocenters. The van der Waals surface area contributed by atoms with Crippen LogP contribution in [0, 0.1) is 17.2 Å². The summed E-state index contributed by atoms with van der Waals surface area (Å²) in [4.78, 5) is 13.8. The van der Waals surface area contributed by atoms with E-state index in [2.05, 4.69) is 34.7 Å². The van der Waals surface area contributed by atoms with Gasteiger partial charge in [0.2, 0.25) is 5.91 Å². The van der Waals surface area contributed by atoms with E-state index < -0.39 is 0 Å². The quantitative estimate of drug-likeness (QED) is 0.615. The molecule has 0 aliphatic rings. The van der Waals surface area contributed by atoms with Crippen LogP contribution >= 0.6 is 11.8 Å². The lowest BCUT2D eigenvalue weighted by Gasteiger charge is -2.16. The second-order valence-corrected chi connectivity index (χ2v) is 7.49. The summed E-state index contributed by atoms with van der Waals surface area (Å²) >= 11 is 1.37. The van der Waals surface area contributed by atoms with E-state index in [1.807, 2.05) is 24.3 Å². The Balaban J connectivity index is 2.17. The molecule has 2 aromatic rings. The van der Waals surface area contributed by atoms with Crippen molar-refractivity contribution in [1.82, 2.24) is 19.7 Å². The number of nitriles is 1. The first-order valence-corrected chi connectivity index (χ1v) is 9.76. The van der Waals surface area contributed by atoms with Gasteiger partial charge in [-0.25, -0.2) is 0 Å². The fourth-order valence-electron chi connectivity index (χ4n) is 2.46. The number of rotatable bonds is 9. The molecule has 1 aromatic carbocycles. The van der Waals surface area contributed by atoms with Crippen molar-refractivity contribution < 1.29 is 9.53 Å². The van der Waals surface area contributed by atoms with Crippen molar-refractivity contribution >= 4 is 17.7 Å². The monoisotopic (exact) mass is 387 g/mol. The van der Waals surface area contributed by atoms with Gasteiger partial charge in [0.05, 0.1) is 25.4 Å². The molecule has 0 spiro atoms. The minimum atomic E-state index is -0.0275. The summed E-state index contributed by atoms with van der Waals surface area (Å²) in [6, 6.07) is 9.74. The van der Waals surface area contributed by atoms with E-state index in [1.165, 1.54) is 11.8 Å². The lowest BCUT2D eigenvalue weighted by molar-refractivity contribution is -0.127. The highest BCUT2D eigenvalue weighted by atomic mass is 32.2. The van der Waals surface area contributed by atoms with Gasteiger partial charge in [-0.2, -0.15) is 5.26 Å². The number of thioether (sulfide) groups is 1. The van der Waals surface area contributed by atoms with Crippen molar-refractivity contribution in [2.75, 3.05) is 26.5 Å². The van der Waals surface area contributed by atoms with Crippen LogP contribution in [-0.2, 0) is 11.3 Å². The van der Waals surface area contributed by atoms with Gasteiger partial charge in [0, 0.05) is 25.7 Å². The second-order valence-electron chi connectivity index (χ2n) is 6.55. The molecule has 8 heteroatoms. The highest BCUT2D eigenvalue weighted by Crippen LogP contribution is 2.26. The van der Waals surface area contributed by atoms with Crippen LogP contribution < -0.4 is 4.74 Å². The Morgan fingerprint density at radius 1 is 1.33 bits per heavy atom. The first-order chi connectivity index (χ1) is 13.0. The zero-order valence-electron chi connectivity index (χ0n) is 16.2. The fraction of sp³-hybridized carbons (Fsp3) is 0.474. The van der Waals surface area contributed by atoms with Gasteiger partial charge >= 0.3 is 0 Å². The average molecular weight is 388 g/mol. The number of ether oxygens (including phenoxy) is 1. The van der Waals surface area contributed by atoms with E-state index in [-0.39, 0.29) is 11.7 Å². The molecule has 144 valence electrons. The number of carbonyl (C=O) groups excluding carboxylic acids is 1. The van der Waals surface area contributed by atoms with Crippen molar-refractivity contribution in [3.63, 3.8) is 0 Å². The summed E-state index contributed by atoms with van der Waals surface area (Å²) in [6.45, 7) is 5.46. The van der Waals surface area contributed by atoms with Gasteiger partial charge in [0.25, 0.3) is 0 Å². The van der Waals surface area contributed by atoms with Crippen molar-refractivity contribution in [2.45, 2.75) is 32.0 Å². The highest BCUT2D eigenvalue weighted by molar-refractivity contribution is 7.99. The molecule has 7 nitrogen and oxygen atoms in total. The van der Waals surface area contributed by atoms with Crippen molar-refractivity contribution in [2.24, 2.45) is 5.92 Å². The molecule has 0 radical (unpaired) electrons. The third-order valence-corrected chi connectivity index (χ3v) is 4.87. The van der Waals surface area contributed by atoms with Crippen molar-refractivity contribution in [3.05, 3.63) is 24.3 Å². The molecule has 0 bridgehead atoms. The Kier molecular flexibility index (Phi) is 7.67. The van der Waals surface area contributed by atoms with Crippen LogP contribution in [0.3, 0.4) is 0 Å². The van der Waals surface area contributed by atoms with E-state index in [0.29, 0.717) is 18.9 Å². The summed E-state index contributed by atoms with van der Waals surface area (Å²) < 4.78 is 7.27. The molecule has 1 amide bonds. The Bertz CT molecular complexity index is 795. The number of hydrogen-bond donors (Lipinski definition) is 0. The van der Waals surface area contributed by atoms with Gasteiger partial charge in [0.1, 0.15) is 5.75 Å². The lowest BCUT2D eigenvalue weighted by Crippen LogP contribution is -2.29. The zero-order chi connectivity index (χ0) is 19.8. The van der Waals surface area contributed by atoms with E-state index in [1.54, 1.807) is 19.1 Å². The molecule has 0 saturated heterocycles. The molecule has 2 rings (SSSR count). The summed E-state index contributed by atoms with van der Waals surface area (Å²) in [5.41, 5.74) is 0.952. The van der Waals surface area contributed by atoms with Crippen molar-refractivity contribution in [1.29, 1.82) is 5.26 Å². The average Bonchev–Trinajstić information content (AvgIpc) is 3.05. The lowest BCUT2D eigenvalue weighted by atomic mass is 10.2. The van der Waals surface area contributed by atoms with Crippen LogP contribution in [0.1, 0.15) is 20.3 Å². The summed E-state index contributed by atoms with van der Waals surface area (Å²) in [6.07, 6.45) is 0.331. The number of carbonyl (C=O) groups is 1. The predicted molar refractivity (Wildman–Crippen MR) is 105 cm³/mol. The minimum Gasteiger partial charge on any atom is -0.497 e. The van der Waals surface area contributed by atoms with E-state index in [0.717, 1.165) is 28.8 Å². The maximum absolute atomic E-state index is 12.2. The third kappa shape index (κ3) is 5.73. The SMILES string of the molecule is COc1ccc(-c2nnc(SCC(=O)N(C)CCC#N)n2CC(C)C)cc1. The standard InChI is InChI=1S/C19H25N5O2S/c1-14(2)12-24-18(15-6-8-16(26-4)9-7-15)21-22-19(24)27-13-17(25)23(3)11-5-10-20/h6-9,14H,5,11-13H2,1-4H3. The number of hydrogen-bond acceptors (Lipinski definition) is 6. The molecule has 1 aromatic heterocycles. The zero-order valence-corrected chi connectivity index (χ0v) is 17.0. The minimum absolute atomic E-state index is 0.0275. The van der Waals surface area contributed by atoms with E-state index in [4.69, 9.17) is 10.00 Å². The highest BCUT2D eigenvalue weighted by Gasteiger charge is 2.17. The van der Waals surface area contributed by atoms with Crippen LogP contribution in [0.2, 0.25) is 0 Å². The first kappa shape index (κ1) is 20.8. The van der Waals surface area contributed by atoms with Gasteiger partial charge < -0.3 is 14.2 Å². The van der Waals surface area contributed by atoms with E-state index >= 15 is 0 Å². The first-order valence-electron chi connectivity index (χ1n) is 8.77. The van der Waals surface area contributed by atoms with Gasteiger partial charge in [-0.1, -0.05) is 25.6 Å². The third-order valence-electron chi connectivity index (χ3n) is 3.92. The van der Waals surface area contributed by atoms with Gasteiger partial charge in [0.15, 0.2) is 11.0 Å². The number of benzene rings is 1. The molecule has 0 aliphatic carbocycles. The number of amides is 1. The molecule has 0 unspecified atom stereocenters. The Morgan fingerprint density at radius 3 is 2.63 bits per heavy atom. The summed E-state index contributed by atoms with van der Waals surface area (Å²) in [5, 5.41) is 18.0. The molecule has 0 N–H and O–H groups in total. The normalized spacial score (nSPS) is 10.7. The van der Waals surface area contributed by atoms with Gasteiger partial charge in [-0.15, -0.1) is 10.2 Å². The van der Waals surface area contributed by atoms with Crippen LogP contribution in [-0.4, -0.2) is 52.0 Å². The molecular weight excluding hydrogens is 362 g/mol. The van der Waals surface area contributed by atoms with Gasteiger partial charge in [-0.3, -0.25) is 4.79 Å². The Morgan fingerprint density at radius 2 is 2.04 bits per heavy atom. The molecular formula is C19H25N5O2S. The molecule has 0 saturated carbocycles. The van der Waals surface area contributed by atoms with Gasteiger partial charge in [-0.05, 0) is 30.2 Å². The summed E-state index contributed by atoms with van der Waals surface area (Å²) in [5.74, 6) is 2.21. The van der Waals surface area contributed by atoms with Crippen LogP contribution in [0.15, 0.2) is 29.4 Å². The van der Waals surface area contributed by atoms with Crippen LogP contribution in [0.5, 0.6) is 5.75 Å². The smallest absolute Gasteiger partial charge is 0.232 e. The summed E-state index contributed by atoms with van der Waals surface area (Å²) in [7, 11) is 3.34. The maximum atomic E-state index is 12.2. The van der Waals surface area contributed by atoms with Crippen LogP contribution in [0.4, 0.5) is 0 Å². The Labute approximate surface area is 164 Å². The van der Waals surface area contributed by atoms with E-state index in [9.17, 15) is 4.79 Å². The van der Waals surface area contributed by atoms with Crippen molar-refractivity contribution in [3.8, 4) is 23.2 Å². The maximum Gasteiger partial charge on any atom is 0.232 e. The predicted octanol–water partition coefficient (Wildman–Crippen LogP) is 3.07.